The lowest BCUT2D eigenvalue weighted by Gasteiger charge is -2.12. The number of halogens is 1. The quantitative estimate of drug-likeness (QED) is 0.908. The van der Waals surface area contributed by atoms with Crippen LogP contribution in [0.1, 0.15) is 22.0 Å². The van der Waals surface area contributed by atoms with E-state index < -0.39 is 0 Å². The molecule has 1 heterocycles. The van der Waals surface area contributed by atoms with Crippen molar-refractivity contribution in [3.05, 3.63) is 56.2 Å². The molecule has 0 aliphatic rings. The van der Waals surface area contributed by atoms with Crippen molar-refractivity contribution in [2.24, 2.45) is 5.73 Å². The van der Waals surface area contributed by atoms with Gasteiger partial charge in [-0.3, -0.25) is 0 Å². The van der Waals surface area contributed by atoms with Crippen LogP contribution in [0.3, 0.4) is 0 Å². The highest BCUT2D eigenvalue weighted by atomic mass is 79.9. The van der Waals surface area contributed by atoms with Crippen LogP contribution in [-0.4, -0.2) is 13.7 Å². The van der Waals surface area contributed by atoms with Gasteiger partial charge in [-0.25, -0.2) is 0 Å². The Kier molecular flexibility index (Phi) is 4.95. The first kappa shape index (κ1) is 13.7. The van der Waals surface area contributed by atoms with Gasteiger partial charge in [-0.05, 0) is 44.9 Å². The molecule has 1 unspecified atom stereocenters. The van der Waals surface area contributed by atoms with Crippen LogP contribution in [0.15, 0.2) is 40.2 Å². The molecule has 96 valence electrons. The normalized spacial score (nSPS) is 12.6. The molecule has 0 radical (unpaired) electrons. The Morgan fingerprint density at radius 1 is 1.28 bits per heavy atom. The van der Waals surface area contributed by atoms with Crippen LogP contribution in [-0.2, 0) is 11.2 Å². The fraction of sp³-hybridized carbons (Fsp3) is 0.286. The van der Waals surface area contributed by atoms with E-state index >= 15 is 0 Å². The van der Waals surface area contributed by atoms with Gasteiger partial charge in [-0.2, -0.15) is 0 Å². The highest BCUT2D eigenvalue weighted by molar-refractivity contribution is 9.10. The summed E-state index contributed by atoms with van der Waals surface area (Å²) in [5.41, 5.74) is 8.68. The predicted octanol–water partition coefficient (Wildman–Crippen LogP) is 3.75. The van der Waals surface area contributed by atoms with Gasteiger partial charge in [0.25, 0.3) is 0 Å². The minimum Gasteiger partial charge on any atom is -0.384 e. The van der Waals surface area contributed by atoms with E-state index in [-0.39, 0.29) is 6.04 Å². The molecule has 0 bridgehead atoms. The van der Waals surface area contributed by atoms with Gasteiger partial charge in [0, 0.05) is 16.5 Å². The van der Waals surface area contributed by atoms with Gasteiger partial charge in [-0.1, -0.05) is 24.3 Å². The van der Waals surface area contributed by atoms with E-state index in [4.69, 9.17) is 10.5 Å². The van der Waals surface area contributed by atoms with Crippen LogP contribution in [0, 0.1) is 0 Å². The van der Waals surface area contributed by atoms with Crippen molar-refractivity contribution in [2.45, 2.75) is 12.5 Å². The van der Waals surface area contributed by atoms with Crippen LogP contribution < -0.4 is 5.73 Å². The lowest BCUT2D eigenvalue weighted by Crippen LogP contribution is -2.10. The molecule has 2 N–H and O–H groups in total. The first-order valence-corrected chi connectivity index (χ1v) is 7.46. The molecule has 2 nitrogen and oxygen atoms in total. The Morgan fingerprint density at radius 2 is 2.00 bits per heavy atom. The summed E-state index contributed by atoms with van der Waals surface area (Å²) in [6, 6.07) is 10.4. The summed E-state index contributed by atoms with van der Waals surface area (Å²) in [5.74, 6) is 0. The van der Waals surface area contributed by atoms with Crippen LogP contribution in [0.2, 0.25) is 0 Å². The average Bonchev–Trinajstić information content (AvgIpc) is 2.82. The third kappa shape index (κ3) is 3.20. The molecular formula is C14H16BrNOS. The average molecular weight is 326 g/mol. The smallest absolute Gasteiger partial charge is 0.0657 e. The number of rotatable bonds is 5. The standard InChI is InChI=1S/C14H16BrNOS/c1-17-8-6-10-2-4-11(5-3-10)13(16)14-12(15)7-9-18-14/h2-5,7,9,13H,6,8,16H2,1H3. The van der Waals surface area contributed by atoms with Gasteiger partial charge in [0.05, 0.1) is 12.6 Å². The highest BCUT2D eigenvalue weighted by Gasteiger charge is 2.13. The first-order chi connectivity index (χ1) is 8.72. The van der Waals surface area contributed by atoms with E-state index in [2.05, 4.69) is 40.2 Å². The highest BCUT2D eigenvalue weighted by Crippen LogP contribution is 2.31. The minimum absolute atomic E-state index is 0.0594. The predicted molar refractivity (Wildman–Crippen MR) is 80.1 cm³/mol. The Hall–Kier alpha value is -0.680. The van der Waals surface area contributed by atoms with Crippen molar-refractivity contribution in [2.75, 3.05) is 13.7 Å². The summed E-state index contributed by atoms with van der Waals surface area (Å²) in [4.78, 5) is 1.17. The fourth-order valence-corrected chi connectivity index (χ4v) is 3.44. The van der Waals surface area contributed by atoms with Gasteiger partial charge >= 0.3 is 0 Å². The van der Waals surface area contributed by atoms with Crippen LogP contribution in [0.5, 0.6) is 0 Å². The monoisotopic (exact) mass is 325 g/mol. The number of benzene rings is 1. The zero-order valence-corrected chi connectivity index (χ0v) is 12.6. The van der Waals surface area contributed by atoms with Crippen LogP contribution >= 0.6 is 27.3 Å². The minimum atomic E-state index is -0.0594. The maximum atomic E-state index is 6.27. The van der Waals surface area contributed by atoms with Crippen molar-refractivity contribution in [1.29, 1.82) is 0 Å². The molecule has 2 aromatic rings. The Balaban J connectivity index is 2.12. The summed E-state index contributed by atoms with van der Waals surface area (Å²) in [7, 11) is 1.72. The van der Waals surface area contributed by atoms with Gasteiger partial charge in [0.2, 0.25) is 0 Å². The second-order valence-electron chi connectivity index (χ2n) is 4.09. The molecule has 0 saturated carbocycles. The maximum Gasteiger partial charge on any atom is 0.0657 e. The molecule has 0 aliphatic heterocycles. The van der Waals surface area contributed by atoms with E-state index in [0.29, 0.717) is 0 Å². The number of methoxy groups -OCH3 is 1. The van der Waals surface area contributed by atoms with E-state index in [9.17, 15) is 0 Å². The third-order valence-corrected chi connectivity index (χ3v) is 4.81. The summed E-state index contributed by atoms with van der Waals surface area (Å²) in [6.45, 7) is 0.752. The molecule has 18 heavy (non-hydrogen) atoms. The summed E-state index contributed by atoms with van der Waals surface area (Å²) >= 11 is 5.21. The van der Waals surface area contributed by atoms with Crippen molar-refractivity contribution in [3.8, 4) is 0 Å². The Labute approximate surface area is 120 Å². The zero-order chi connectivity index (χ0) is 13.0. The maximum absolute atomic E-state index is 6.27. The summed E-state index contributed by atoms with van der Waals surface area (Å²) in [5, 5.41) is 2.05. The van der Waals surface area contributed by atoms with Gasteiger partial charge in [0.15, 0.2) is 0 Å². The lowest BCUT2D eigenvalue weighted by molar-refractivity contribution is 0.202. The van der Waals surface area contributed by atoms with Crippen molar-refractivity contribution in [1.82, 2.24) is 0 Å². The molecule has 2 rings (SSSR count). The van der Waals surface area contributed by atoms with E-state index in [1.165, 1.54) is 10.4 Å². The second-order valence-corrected chi connectivity index (χ2v) is 5.90. The van der Waals surface area contributed by atoms with Crippen LogP contribution in [0.25, 0.3) is 0 Å². The molecule has 0 fully saturated rings. The zero-order valence-electron chi connectivity index (χ0n) is 10.2. The summed E-state index contributed by atoms with van der Waals surface area (Å²) < 4.78 is 6.16. The number of hydrogen-bond acceptors (Lipinski definition) is 3. The topological polar surface area (TPSA) is 35.2 Å². The Bertz CT molecular complexity index is 495. The first-order valence-electron chi connectivity index (χ1n) is 5.78. The van der Waals surface area contributed by atoms with Gasteiger partial charge in [-0.15, -0.1) is 11.3 Å². The largest absolute Gasteiger partial charge is 0.384 e. The number of hydrogen-bond donors (Lipinski definition) is 1. The number of ether oxygens (including phenoxy) is 1. The summed E-state index contributed by atoms with van der Waals surface area (Å²) in [6.07, 6.45) is 0.939. The molecule has 4 heteroatoms. The van der Waals surface area contributed by atoms with E-state index in [1.54, 1.807) is 18.4 Å². The van der Waals surface area contributed by atoms with Crippen molar-refractivity contribution in [3.63, 3.8) is 0 Å². The lowest BCUT2D eigenvalue weighted by atomic mass is 10.0. The molecule has 0 spiro atoms. The molecule has 1 aromatic carbocycles. The SMILES string of the molecule is COCCc1ccc(C(N)c2sccc2Br)cc1. The fourth-order valence-electron chi connectivity index (χ4n) is 1.79. The Morgan fingerprint density at radius 3 is 2.56 bits per heavy atom. The molecule has 0 amide bonds. The second kappa shape index (κ2) is 6.48. The molecular weight excluding hydrogens is 310 g/mol. The molecule has 0 aliphatic carbocycles. The number of nitrogens with two attached hydrogens (primary N) is 1. The third-order valence-electron chi connectivity index (χ3n) is 2.86. The molecule has 1 atom stereocenters. The van der Waals surface area contributed by atoms with Crippen molar-refractivity contribution < 1.29 is 4.74 Å². The van der Waals surface area contributed by atoms with E-state index in [0.717, 1.165) is 23.1 Å². The van der Waals surface area contributed by atoms with Gasteiger partial charge in [0.1, 0.15) is 0 Å². The number of thiophene rings is 1. The van der Waals surface area contributed by atoms with E-state index in [1.807, 2.05) is 11.4 Å². The molecule has 1 aromatic heterocycles. The van der Waals surface area contributed by atoms with Crippen LogP contribution in [0.4, 0.5) is 0 Å². The van der Waals surface area contributed by atoms with Crippen molar-refractivity contribution >= 4 is 27.3 Å². The van der Waals surface area contributed by atoms with Gasteiger partial charge < -0.3 is 10.5 Å². The molecule has 0 saturated heterocycles.